The van der Waals surface area contributed by atoms with E-state index in [1.165, 1.54) is 20.3 Å². The highest BCUT2D eigenvalue weighted by atomic mass is 32.2. The molecule has 0 bridgehead atoms. The van der Waals surface area contributed by atoms with Crippen LogP contribution in [0.2, 0.25) is 0 Å². The average Bonchev–Trinajstić information content (AvgIpc) is 3.21. The van der Waals surface area contributed by atoms with Crippen LogP contribution in [0.1, 0.15) is 0 Å². The summed E-state index contributed by atoms with van der Waals surface area (Å²) in [6, 6.07) is 7.78. The third-order valence-electron chi connectivity index (χ3n) is 3.21. The summed E-state index contributed by atoms with van der Waals surface area (Å²) in [5.74, 6) is -0.563. The largest absolute Gasteiger partial charge is 0.497 e. The Hall–Kier alpha value is -2.63. The van der Waals surface area contributed by atoms with E-state index < -0.39 is 35.1 Å². The van der Waals surface area contributed by atoms with E-state index in [1.54, 1.807) is 29.6 Å². The maximum Gasteiger partial charge on any atom is 0.321 e. The zero-order valence-electron chi connectivity index (χ0n) is 14.6. The van der Waals surface area contributed by atoms with Crippen molar-refractivity contribution in [3.63, 3.8) is 0 Å². The topological polar surface area (TPSA) is 120 Å². The number of anilines is 1. The van der Waals surface area contributed by atoms with Crippen molar-refractivity contribution in [3.8, 4) is 11.5 Å². The molecule has 1 amide bonds. The second-order valence-corrected chi connectivity index (χ2v) is 7.97. The number of ether oxygens (including phenoxy) is 3. The molecule has 11 heteroatoms. The number of esters is 1. The average molecular weight is 414 g/mol. The van der Waals surface area contributed by atoms with Crippen molar-refractivity contribution in [2.75, 3.05) is 32.7 Å². The highest BCUT2D eigenvalue weighted by Crippen LogP contribution is 2.28. The van der Waals surface area contributed by atoms with Crippen molar-refractivity contribution in [3.05, 3.63) is 35.7 Å². The number of thiophene rings is 1. The lowest BCUT2D eigenvalue weighted by molar-refractivity contribution is -0.146. The first-order valence-corrected chi connectivity index (χ1v) is 9.92. The van der Waals surface area contributed by atoms with Gasteiger partial charge in [-0.2, -0.15) is 4.72 Å². The van der Waals surface area contributed by atoms with Gasteiger partial charge in [0.05, 0.1) is 19.9 Å². The van der Waals surface area contributed by atoms with Crippen molar-refractivity contribution >= 4 is 38.9 Å². The van der Waals surface area contributed by atoms with Crippen molar-refractivity contribution in [2.45, 2.75) is 4.21 Å². The van der Waals surface area contributed by atoms with E-state index in [9.17, 15) is 18.0 Å². The Balaban J connectivity index is 1.82. The van der Waals surface area contributed by atoms with Gasteiger partial charge in [0.1, 0.15) is 22.3 Å². The molecule has 146 valence electrons. The summed E-state index contributed by atoms with van der Waals surface area (Å²) in [7, 11) is -0.842. The second-order valence-electron chi connectivity index (χ2n) is 5.03. The predicted octanol–water partition coefficient (Wildman–Crippen LogP) is 1.23. The van der Waals surface area contributed by atoms with Crippen LogP contribution in [0.25, 0.3) is 0 Å². The molecule has 0 saturated heterocycles. The molecule has 1 aromatic heterocycles. The number of sulfonamides is 1. The Morgan fingerprint density at radius 3 is 2.56 bits per heavy atom. The number of methoxy groups -OCH3 is 2. The van der Waals surface area contributed by atoms with Gasteiger partial charge in [0.25, 0.3) is 15.9 Å². The van der Waals surface area contributed by atoms with E-state index in [-0.39, 0.29) is 4.21 Å². The van der Waals surface area contributed by atoms with Gasteiger partial charge < -0.3 is 19.5 Å². The molecule has 0 spiro atoms. The Morgan fingerprint density at radius 2 is 1.93 bits per heavy atom. The molecule has 27 heavy (non-hydrogen) atoms. The maximum absolute atomic E-state index is 11.9. The number of nitrogens with one attached hydrogen (secondary N) is 2. The molecule has 0 aliphatic rings. The highest BCUT2D eigenvalue weighted by Gasteiger charge is 2.17. The van der Waals surface area contributed by atoms with E-state index in [4.69, 9.17) is 14.2 Å². The molecule has 0 unspecified atom stereocenters. The fraction of sp³-hybridized carbons (Fsp3) is 0.250. The second kappa shape index (κ2) is 9.35. The molecule has 9 nitrogen and oxygen atoms in total. The molecule has 2 aromatic rings. The van der Waals surface area contributed by atoms with E-state index in [1.807, 2.05) is 0 Å². The van der Waals surface area contributed by atoms with Crippen LogP contribution in [-0.4, -0.2) is 47.7 Å². The van der Waals surface area contributed by atoms with Crippen molar-refractivity contribution < 1.29 is 32.2 Å². The summed E-state index contributed by atoms with van der Waals surface area (Å²) in [6.45, 7) is -1.16. The van der Waals surface area contributed by atoms with Gasteiger partial charge in [0, 0.05) is 6.07 Å². The SMILES string of the molecule is COc1ccc(NC(=O)COC(=O)CNS(=O)(=O)c2cccs2)c(OC)c1. The zero-order valence-corrected chi connectivity index (χ0v) is 16.2. The number of hydrogen-bond donors (Lipinski definition) is 2. The van der Waals surface area contributed by atoms with Crippen LogP contribution in [0.3, 0.4) is 0 Å². The number of amides is 1. The van der Waals surface area contributed by atoms with Crippen molar-refractivity contribution in [1.29, 1.82) is 0 Å². The van der Waals surface area contributed by atoms with Gasteiger partial charge in [-0.1, -0.05) is 6.07 Å². The summed E-state index contributed by atoms with van der Waals surface area (Å²) in [6.07, 6.45) is 0. The van der Waals surface area contributed by atoms with Gasteiger partial charge in [-0.15, -0.1) is 11.3 Å². The molecule has 0 fully saturated rings. The summed E-state index contributed by atoms with van der Waals surface area (Å²) < 4.78 is 40.9. The van der Waals surface area contributed by atoms with E-state index in [0.29, 0.717) is 17.2 Å². The van der Waals surface area contributed by atoms with Crippen LogP contribution >= 0.6 is 11.3 Å². The van der Waals surface area contributed by atoms with Crippen molar-refractivity contribution in [2.24, 2.45) is 0 Å². The minimum Gasteiger partial charge on any atom is -0.497 e. The van der Waals surface area contributed by atoms with Gasteiger partial charge in [-0.3, -0.25) is 9.59 Å². The molecule has 0 atom stereocenters. The highest BCUT2D eigenvalue weighted by molar-refractivity contribution is 7.91. The fourth-order valence-electron chi connectivity index (χ4n) is 1.93. The van der Waals surface area contributed by atoms with Gasteiger partial charge in [-0.05, 0) is 23.6 Å². The molecule has 1 heterocycles. The number of carbonyl (C=O) groups is 2. The van der Waals surface area contributed by atoms with Gasteiger partial charge in [-0.25, -0.2) is 8.42 Å². The Kier molecular flexibility index (Phi) is 7.16. The molecule has 0 radical (unpaired) electrons. The Labute approximate surface area is 160 Å². The summed E-state index contributed by atoms with van der Waals surface area (Å²) >= 11 is 1.02. The predicted molar refractivity (Wildman–Crippen MR) is 98.6 cm³/mol. The molecule has 2 rings (SSSR count). The summed E-state index contributed by atoms with van der Waals surface area (Å²) in [4.78, 5) is 23.6. The van der Waals surface area contributed by atoms with E-state index >= 15 is 0 Å². The summed E-state index contributed by atoms with van der Waals surface area (Å²) in [5, 5.41) is 4.13. The van der Waals surface area contributed by atoms with Crippen LogP contribution in [0.5, 0.6) is 11.5 Å². The number of benzene rings is 1. The quantitative estimate of drug-likeness (QED) is 0.592. The van der Waals surface area contributed by atoms with Crippen LogP contribution in [0.15, 0.2) is 39.9 Å². The lowest BCUT2D eigenvalue weighted by Gasteiger charge is -2.12. The lowest BCUT2D eigenvalue weighted by atomic mass is 10.2. The van der Waals surface area contributed by atoms with Crippen LogP contribution in [-0.2, 0) is 24.3 Å². The molecule has 2 N–H and O–H groups in total. The third kappa shape index (κ3) is 5.94. The maximum atomic E-state index is 11.9. The molecule has 0 aliphatic heterocycles. The molecule has 0 aliphatic carbocycles. The zero-order chi connectivity index (χ0) is 19.9. The van der Waals surface area contributed by atoms with Gasteiger partial charge in [0.15, 0.2) is 6.61 Å². The number of hydrogen-bond acceptors (Lipinski definition) is 8. The summed E-state index contributed by atoms with van der Waals surface area (Å²) in [5.41, 5.74) is 0.373. The molecular weight excluding hydrogens is 396 g/mol. The first kappa shape index (κ1) is 20.7. The third-order valence-corrected chi connectivity index (χ3v) is 6.01. The van der Waals surface area contributed by atoms with Crippen LogP contribution in [0, 0.1) is 0 Å². The van der Waals surface area contributed by atoms with Crippen molar-refractivity contribution in [1.82, 2.24) is 4.72 Å². The number of rotatable bonds is 9. The lowest BCUT2D eigenvalue weighted by Crippen LogP contribution is -2.32. The van der Waals surface area contributed by atoms with Gasteiger partial charge >= 0.3 is 5.97 Å². The molecule has 1 aromatic carbocycles. The smallest absolute Gasteiger partial charge is 0.321 e. The monoisotopic (exact) mass is 414 g/mol. The molecular formula is C16H18N2O7S2. The first-order valence-electron chi connectivity index (χ1n) is 7.56. The van der Waals surface area contributed by atoms with E-state index in [2.05, 4.69) is 10.0 Å². The normalized spacial score (nSPS) is 10.9. The fourth-order valence-corrected chi connectivity index (χ4v) is 3.93. The number of carbonyl (C=O) groups excluding carboxylic acids is 2. The Bertz CT molecular complexity index is 895. The van der Waals surface area contributed by atoms with Crippen LogP contribution < -0.4 is 19.5 Å². The first-order chi connectivity index (χ1) is 12.9. The minimum absolute atomic E-state index is 0.0830. The molecule has 0 saturated carbocycles. The standard InChI is InChI=1S/C16H18N2O7S2/c1-23-11-5-6-12(13(8-11)24-2)18-14(19)10-25-15(20)9-17-27(21,22)16-4-3-7-26-16/h3-8,17H,9-10H2,1-2H3,(H,18,19). The van der Waals surface area contributed by atoms with Gasteiger partial charge in [0.2, 0.25) is 0 Å². The van der Waals surface area contributed by atoms with E-state index in [0.717, 1.165) is 11.3 Å². The van der Waals surface area contributed by atoms with Crippen LogP contribution in [0.4, 0.5) is 5.69 Å². The Morgan fingerprint density at radius 1 is 1.15 bits per heavy atom. The minimum atomic E-state index is -3.78.